The molecule has 140 valence electrons. The molecule has 0 aliphatic rings. The van der Waals surface area contributed by atoms with Crippen molar-refractivity contribution in [1.29, 1.82) is 0 Å². The first-order valence-corrected chi connectivity index (χ1v) is 10.1. The fourth-order valence-electron chi connectivity index (χ4n) is 2.90. The number of nitrogens with zero attached hydrogens (tertiary/aromatic N) is 4. The third-order valence-electron chi connectivity index (χ3n) is 4.26. The molecule has 1 N–H and O–H groups in total. The van der Waals surface area contributed by atoms with Crippen molar-refractivity contribution in [2.45, 2.75) is 0 Å². The Hall–Kier alpha value is -3.17. The molecule has 0 spiro atoms. The molecule has 5 aromatic rings. The first-order valence-electron chi connectivity index (χ1n) is 8.44. The lowest BCUT2D eigenvalue weighted by atomic mass is 10.2. The summed E-state index contributed by atoms with van der Waals surface area (Å²) in [6, 6.07) is 13.7. The van der Waals surface area contributed by atoms with Crippen molar-refractivity contribution in [3.05, 3.63) is 47.8 Å². The molecule has 0 aliphatic heterocycles. The molecule has 0 atom stereocenters. The zero-order valence-electron chi connectivity index (χ0n) is 15.0. The number of ether oxygens (including phenoxy) is 2. The van der Waals surface area contributed by atoms with E-state index >= 15 is 0 Å². The molecule has 3 heterocycles. The highest BCUT2D eigenvalue weighted by Gasteiger charge is 2.14. The van der Waals surface area contributed by atoms with E-state index in [-0.39, 0.29) is 0 Å². The van der Waals surface area contributed by atoms with Gasteiger partial charge in [-0.15, -0.1) is 16.4 Å². The summed E-state index contributed by atoms with van der Waals surface area (Å²) in [5.74, 6) is 2.13. The molecular weight excluding hydrogens is 394 g/mol. The number of thiazole rings is 2. The summed E-state index contributed by atoms with van der Waals surface area (Å²) in [6.07, 6.45) is 0. The van der Waals surface area contributed by atoms with Crippen LogP contribution < -0.4 is 14.8 Å². The highest BCUT2D eigenvalue weighted by molar-refractivity contribution is 7.22. The summed E-state index contributed by atoms with van der Waals surface area (Å²) < 4.78 is 13.5. The van der Waals surface area contributed by atoms with Crippen molar-refractivity contribution in [3.8, 4) is 22.8 Å². The lowest BCUT2D eigenvalue weighted by Crippen LogP contribution is -1.94. The van der Waals surface area contributed by atoms with Crippen molar-refractivity contribution in [2.24, 2.45) is 0 Å². The van der Waals surface area contributed by atoms with Crippen molar-refractivity contribution < 1.29 is 9.47 Å². The first kappa shape index (κ1) is 17.0. The van der Waals surface area contributed by atoms with Crippen LogP contribution >= 0.6 is 22.7 Å². The molecule has 0 fully saturated rings. The maximum absolute atomic E-state index is 5.32. The smallest absolute Gasteiger partial charge is 0.250 e. The summed E-state index contributed by atoms with van der Waals surface area (Å²) in [7, 11) is 3.32. The predicted molar refractivity (Wildman–Crippen MR) is 112 cm³/mol. The van der Waals surface area contributed by atoms with E-state index in [1.165, 1.54) is 22.7 Å². The first-order chi connectivity index (χ1) is 13.7. The zero-order valence-corrected chi connectivity index (χ0v) is 16.7. The summed E-state index contributed by atoms with van der Waals surface area (Å²) >= 11 is 3.07. The molecule has 0 bridgehead atoms. The minimum absolute atomic E-state index is 0.516. The number of nitrogens with one attached hydrogen (secondary N) is 1. The highest BCUT2D eigenvalue weighted by Crippen LogP contribution is 2.32. The van der Waals surface area contributed by atoms with E-state index in [2.05, 4.69) is 20.4 Å². The van der Waals surface area contributed by atoms with Gasteiger partial charge in [-0.05, 0) is 30.3 Å². The number of rotatable bonds is 5. The van der Waals surface area contributed by atoms with Crippen LogP contribution in [-0.2, 0) is 0 Å². The number of anilines is 2. The van der Waals surface area contributed by atoms with Crippen LogP contribution in [0.4, 0.5) is 11.1 Å². The molecular formula is C19H15N5O2S2. The molecule has 9 heteroatoms. The number of aromatic nitrogens is 4. The second-order valence-electron chi connectivity index (χ2n) is 5.96. The van der Waals surface area contributed by atoms with Gasteiger partial charge in [-0.1, -0.05) is 23.5 Å². The molecule has 0 unspecified atom stereocenters. The Kier molecular flexibility index (Phi) is 4.10. The van der Waals surface area contributed by atoms with Gasteiger partial charge in [-0.3, -0.25) is 5.32 Å². The lowest BCUT2D eigenvalue weighted by Gasteiger charge is -2.02. The number of methoxy groups -OCH3 is 2. The number of hydrogen-bond donors (Lipinski definition) is 1. The van der Waals surface area contributed by atoms with Crippen LogP contribution in [0.1, 0.15) is 0 Å². The van der Waals surface area contributed by atoms with E-state index in [4.69, 9.17) is 9.47 Å². The van der Waals surface area contributed by atoms with Gasteiger partial charge < -0.3 is 9.47 Å². The second kappa shape index (κ2) is 6.77. The van der Waals surface area contributed by atoms with Crippen LogP contribution in [0.15, 0.2) is 47.8 Å². The van der Waals surface area contributed by atoms with E-state index < -0.39 is 0 Å². The Morgan fingerprint density at radius 1 is 1.00 bits per heavy atom. The number of hydrogen-bond acceptors (Lipinski definition) is 8. The maximum atomic E-state index is 5.32. The van der Waals surface area contributed by atoms with E-state index in [0.717, 1.165) is 43.1 Å². The van der Waals surface area contributed by atoms with Crippen LogP contribution in [0.5, 0.6) is 11.5 Å². The second-order valence-corrected chi connectivity index (χ2v) is 7.83. The van der Waals surface area contributed by atoms with E-state index in [1.54, 1.807) is 14.2 Å². The average Bonchev–Trinajstić information content (AvgIpc) is 3.41. The fourth-order valence-corrected chi connectivity index (χ4v) is 4.62. The van der Waals surface area contributed by atoms with Crippen molar-refractivity contribution >= 4 is 48.9 Å². The molecule has 7 nitrogen and oxygen atoms in total. The maximum Gasteiger partial charge on any atom is 0.250 e. The average molecular weight is 409 g/mol. The van der Waals surface area contributed by atoms with Gasteiger partial charge in [0.25, 0.3) is 0 Å². The molecule has 28 heavy (non-hydrogen) atoms. The van der Waals surface area contributed by atoms with Crippen LogP contribution in [0, 0.1) is 0 Å². The third kappa shape index (κ3) is 2.94. The Balaban J connectivity index is 1.48. The molecule has 5 rings (SSSR count). The quantitative estimate of drug-likeness (QED) is 0.448. The summed E-state index contributed by atoms with van der Waals surface area (Å²) in [6.45, 7) is 0. The minimum atomic E-state index is 0.516. The molecule has 0 radical (unpaired) electrons. The minimum Gasteiger partial charge on any atom is -0.497 e. The van der Waals surface area contributed by atoms with Crippen molar-refractivity contribution in [2.75, 3.05) is 19.5 Å². The van der Waals surface area contributed by atoms with Crippen molar-refractivity contribution in [1.82, 2.24) is 19.6 Å². The summed E-state index contributed by atoms with van der Waals surface area (Å²) in [5.41, 5.74) is 2.90. The van der Waals surface area contributed by atoms with Gasteiger partial charge in [0.05, 0.1) is 30.1 Å². The van der Waals surface area contributed by atoms with Gasteiger partial charge in [-0.25, -0.2) is 9.50 Å². The predicted octanol–water partition coefficient (Wildman–Crippen LogP) is 4.83. The largest absolute Gasteiger partial charge is 0.497 e. The van der Waals surface area contributed by atoms with E-state index in [0.29, 0.717) is 5.95 Å². The van der Waals surface area contributed by atoms with Gasteiger partial charge in [0.2, 0.25) is 10.9 Å². The highest BCUT2D eigenvalue weighted by atomic mass is 32.1. The molecule has 0 amide bonds. The normalized spacial score (nSPS) is 11.2. The standard InChI is InChI=1S/C19H15N5O2S2/c1-25-12-5-3-4-11(8-12)15-10-27-19-22-17(23-24(15)19)21-18-20-14-7-6-13(26-2)9-16(14)28-18/h3-10H,1-2H3,(H,20,21,23). The third-order valence-corrected chi connectivity index (χ3v) is 6.01. The molecule has 0 saturated heterocycles. The Labute approximate surface area is 168 Å². The topological polar surface area (TPSA) is 73.6 Å². The number of benzene rings is 2. The molecule has 0 saturated carbocycles. The van der Waals surface area contributed by atoms with Gasteiger partial charge in [-0.2, -0.15) is 4.98 Å². The number of fused-ring (bicyclic) bond motifs is 2. The SMILES string of the molecule is COc1cccc(-c2csc3nc(Nc4nc5ccc(OC)cc5s4)nn23)c1. The zero-order chi connectivity index (χ0) is 19.1. The van der Waals surface area contributed by atoms with E-state index in [1.807, 2.05) is 52.4 Å². The molecule has 2 aromatic carbocycles. The van der Waals surface area contributed by atoms with Crippen LogP contribution in [0.25, 0.3) is 26.4 Å². The monoisotopic (exact) mass is 409 g/mol. The van der Waals surface area contributed by atoms with Crippen molar-refractivity contribution in [3.63, 3.8) is 0 Å². The van der Waals surface area contributed by atoms with Gasteiger partial charge in [0, 0.05) is 10.9 Å². The Morgan fingerprint density at radius 3 is 2.71 bits per heavy atom. The molecule has 3 aromatic heterocycles. The van der Waals surface area contributed by atoms with Gasteiger partial charge >= 0.3 is 0 Å². The van der Waals surface area contributed by atoms with Crippen LogP contribution in [0.3, 0.4) is 0 Å². The van der Waals surface area contributed by atoms with Gasteiger partial charge in [0.1, 0.15) is 11.5 Å². The fraction of sp³-hybridized carbons (Fsp3) is 0.105. The summed E-state index contributed by atoms with van der Waals surface area (Å²) in [5, 5.41) is 10.6. The van der Waals surface area contributed by atoms with Crippen LogP contribution in [0.2, 0.25) is 0 Å². The molecule has 0 aliphatic carbocycles. The van der Waals surface area contributed by atoms with Crippen LogP contribution in [-0.4, -0.2) is 33.8 Å². The Bertz CT molecular complexity index is 1290. The Morgan fingerprint density at radius 2 is 1.86 bits per heavy atom. The van der Waals surface area contributed by atoms with Gasteiger partial charge in [0.15, 0.2) is 5.13 Å². The lowest BCUT2D eigenvalue weighted by molar-refractivity contribution is 0.415. The van der Waals surface area contributed by atoms with E-state index in [9.17, 15) is 0 Å². The summed E-state index contributed by atoms with van der Waals surface area (Å²) in [4.78, 5) is 9.97.